The molecule has 1 fully saturated rings. The monoisotopic (exact) mass is 500 g/mol. The molecule has 11 nitrogen and oxygen atoms in total. The Morgan fingerprint density at radius 1 is 1.03 bits per heavy atom. The summed E-state index contributed by atoms with van der Waals surface area (Å²) in [7, 11) is 0. The lowest BCUT2D eigenvalue weighted by Crippen LogP contribution is -2.41. The zero-order valence-electron chi connectivity index (χ0n) is 18.9. The molecular weight excluding hydrogens is 480 g/mol. The van der Waals surface area contributed by atoms with Crippen LogP contribution in [0, 0.1) is 0 Å². The van der Waals surface area contributed by atoms with E-state index in [0.29, 0.717) is 48.1 Å². The summed E-state index contributed by atoms with van der Waals surface area (Å²) in [5, 5.41) is 8.04. The summed E-state index contributed by atoms with van der Waals surface area (Å²) in [4.78, 5) is 41.4. The molecule has 0 spiro atoms. The van der Waals surface area contributed by atoms with Crippen LogP contribution < -0.4 is 15.8 Å². The Bertz CT molecular complexity index is 1580. The van der Waals surface area contributed by atoms with Crippen molar-refractivity contribution in [2.45, 2.75) is 0 Å². The van der Waals surface area contributed by atoms with Crippen LogP contribution in [0.25, 0.3) is 32.5 Å². The Morgan fingerprint density at radius 3 is 2.72 bits per heavy atom. The van der Waals surface area contributed by atoms with Crippen molar-refractivity contribution in [1.82, 2.24) is 36.0 Å². The highest BCUT2D eigenvalue weighted by Gasteiger charge is 2.22. The Balaban J connectivity index is 1.36. The van der Waals surface area contributed by atoms with Crippen LogP contribution in [0.2, 0.25) is 0 Å². The first-order valence-electron chi connectivity index (χ1n) is 11.2. The fourth-order valence-corrected chi connectivity index (χ4v) is 5.05. The largest absolute Gasteiger partial charge is 0.378 e. The maximum atomic E-state index is 12.9. The second kappa shape index (κ2) is 9.32. The topological polar surface area (TPSA) is 138 Å². The second-order valence-corrected chi connectivity index (χ2v) is 9.13. The van der Waals surface area contributed by atoms with Gasteiger partial charge < -0.3 is 9.64 Å². The molecule has 5 aromatic rings. The number of aromatic nitrogens is 5. The quantitative estimate of drug-likeness (QED) is 0.320. The smallest absolute Gasteiger partial charge is 0.279 e. The Morgan fingerprint density at radius 2 is 1.89 bits per heavy atom. The molecular formula is C24H20N8O3S. The molecule has 4 aromatic heterocycles. The Hall–Kier alpha value is -4.42. The number of carbonyl (C=O) groups excluding carboxylic acids is 2. The molecule has 0 bridgehead atoms. The number of morpholine rings is 1. The maximum Gasteiger partial charge on any atom is 0.279 e. The number of ether oxygens (including phenoxy) is 1. The molecule has 2 amide bonds. The van der Waals surface area contributed by atoms with Crippen molar-refractivity contribution in [2.24, 2.45) is 0 Å². The van der Waals surface area contributed by atoms with Crippen LogP contribution in [-0.2, 0) is 4.74 Å². The van der Waals surface area contributed by atoms with Crippen molar-refractivity contribution in [3.05, 3.63) is 65.4 Å². The van der Waals surface area contributed by atoms with Crippen molar-refractivity contribution in [3.63, 3.8) is 0 Å². The second-order valence-electron chi connectivity index (χ2n) is 8.08. The standard InChI is InChI=1S/C24H20N8O3S/c33-23(14-3-2-6-25-12-14)30-31-24(34)19-11-18-20(36-19)22(32-7-9-35-10-8-32)28-21(27-18)15-4-1-5-17-16(15)13-26-29-17/h1-6,11-13H,7-10H2,(H,26,29)(H,30,33)(H,31,34). The molecule has 0 radical (unpaired) electrons. The van der Waals surface area contributed by atoms with Crippen LogP contribution in [-0.4, -0.2) is 63.3 Å². The molecule has 0 aliphatic carbocycles. The molecule has 36 heavy (non-hydrogen) atoms. The van der Waals surface area contributed by atoms with Gasteiger partial charge in [-0.05, 0) is 24.3 Å². The van der Waals surface area contributed by atoms with E-state index in [-0.39, 0.29) is 0 Å². The van der Waals surface area contributed by atoms with Crippen molar-refractivity contribution in [1.29, 1.82) is 0 Å². The minimum Gasteiger partial charge on any atom is -0.378 e. The number of rotatable bonds is 4. The molecule has 0 saturated carbocycles. The van der Waals surface area contributed by atoms with Crippen LogP contribution in [0.15, 0.2) is 55.0 Å². The molecule has 3 N–H and O–H groups in total. The lowest BCUT2D eigenvalue weighted by Gasteiger charge is -2.28. The van der Waals surface area contributed by atoms with Gasteiger partial charge in [0.25, 0.3) is 11.8 Å². The maximum absolute atomic E-state index is 12.9. The van der Waals surface area contributed by atoms with E-state index in [9.17, 15) is 9.59 Å². The fraction of sp³-hybridized carbons (Fsp3) is 0.167. The van der Waals surface area contributed by atoms with E-state index in [1.54, 1.807) is 30.6 Å². The zero-order valence-corrected chi connectivity index (χ0v) is 19.7. The highest BCUT2D eigenvalue weighted by molar-refractivity contribution is 7.21. The fourth-order valence-electron chi connectivity index (χ4n) is 4.04. The third-order valence-corrected chi connectivity index (χ3v) is 6.95. The van der Waals surface area contributed by atoms with Gasteiger partial charge in [0.05, 0.1) is 45.6 Å². The van der Waals surface area contributed by atoms with E-state index in [4.69, 9.17) is 14.7 Å². The zero-order chi connectivity index (χ0) is 24.5. The third kappa shape index (κ3) is 4.12. The summed E-state index contributed by atoms with van der Waals surface area (Å²) in [6.07, 6.45) is 4.75. The molecule has 5 heterocycles. The molecule has 1 aliphatic rings. The SMILES string of the molecule is O=C(NNC(=O)c1cc2nc(-c3cccc4[nH]ncc34)nc(N3CCOCC3)c2s1)c1cccnc1. The number of pyridine rings is 1. The van der Waals surface area contributed by atoms with Gasteiger partial charge in [-0.2, -0.15) is 5.10 Å². The van der Waals surface area contributed by atoms with Gasteiger partial charge in [0, 0.05) is 36.4 Å². The van der Waals surface area contributed by atoms with Crippen LogP contribution in [0.5, 0.6) is 0 Å². The van der Waals surface area contributed by atoms with Crippen LogP contribution in [0.4, 0.5) is 5.82 Å². The van der Waals surface area contributed by atoms with Crippen molar-refractivity contribution < 1.29 is 14.3 Å². The summed E-state index contributed by atoms with van der Waals surface area (Å²) in [6.45, 7) is 2.55. The van der Waals surface area contributed by atoms with Crippen LogP contribution in [0.3, 0.4) is 0 Å². The lowest BCUT2D eigenvalue weighted by molar-refractivity contribution is 0.0848. The molecule has 0 unspecified atom stereocenters. The Labute approximate surface area is 208 Å². The van der Waals surface area contributed by atoms with Gasteiger partial charge in [-0.15, -0.1) is 11.3 Å². The van der Waals surface area contributed by atoms with Gasteiger partial charge in [-0.1, -0.05) is 12.1 Å². The van der Waals surface area contributed by atoms with Gasteiger partial charge in [0.2, 0.25) is 0 Å². The predicted molar refractivity (Wildman–Crippen MR) is 135 cm³/mol. The van der Waals surface area contributed by atoms with Crippen LogP contribution in [0.1, 0.15) is 20.0 Å². The number of amides is 2. The molecule has 1 saturated heterocycles. The first-order chi connectivity index (χ1) is 17.7. The number of hydrazine groups is 1. The summed E-state index contributed by atoms with van der Waals surface area (Å²) in [5.41, 5.74) is 7.63. The number of benzene rings is 1. The van der Waals surface area contributed by atoms with E-state index in [2.05, 4.69) is 30.9 Å². The highest BCUT2D eigenvalue weighted by Crippen LogP contribution is 2.35. The molecule has 180 valence electrons. The number of hydrogen-bond donors (Lipinski definition) is 3. The Kier molecular flexibility index (Phi) is 5.71. The normalized spacial score (nSPS) is 13.7. The number of nitrogens with zero attached hydrogens (tertiary/aromatic N) is 5. The first-order valence-corrected chi connectivity index (χ1v) is 12.1. The van der Waals surface area contributed by atoms with Crippen molar-refractivity contribution >= 4 is 50.1 Å². The summed E-state index contributed by atoms with van der Waals surface area (Å²) >= 11 is 1.28. The minimum atomic E-state index is -0.457. The molecule has 6 rings (SSSR count). The minimum absolute atomic E-state index is 0.340. The van der Waals surface area contributed by atoms with Gasteiger partial charge >= 0.3 is 0 Å². The van der Waals surface area contributed by atoms with E-state index in [1.165, 1.54) is 17.5 Å². The summed E-state index contributed by atoms with van der Waals surface area (Å²) in [5.74, 6) is 0.399. The summed E-state index contributed by atoms with van der Waals surface area (Å²) in [6, 6.07) is 10.8. The number of nitrogens with one attached hydrogen (secondary N) is 3. The van der Waals surface area contributed by atoms with Crippen LogP contribution >= 0.6 is 11.3 Å². The van der Waals surface area contributed by atoms with Gasteiger partial charge in [-0.3, -0.25) is 30.5 Å². The average Bonchev–Trinajstić information content (AvgIpc) is 3.59. The van der Waals surface area contributed by atoms with E-state index >= 15 is 0 Å². The number of fused-ring (bicyclic) bond motifs is 2. The molecule has 1 aromatic carbocycles. The predicted octanol–water partition coefficient (Wildman–Crippen LogP) is 2.54. The van der Waals surface area contributed by atoms with Gasteiger partial charge in [0.1, 0.15) is 0 Å². The number of hydrogen-bond acceptors (Lipinski definition) is 9. The highest BCUT2D eigenvalue weighted by atomic mass is 32.1. The average molecular weight is 501 g/mol. The summed E-state index contributed by atoms with van der Waals surface area (Å²) < 4.78 is 6.32. The van der Waals surface area contributed by atoms with E-state index in [0.717, 1.165) is 27.0 Å². The number of carbonyl (C=O) groups is 2. The van der Waals surface area contributed by atoms with E-state index in [1.807, 2.05) is 18.2 Å². The van der Waals surface area contributed by atoms with Gasteiger partial charge in [-0.25, -0.2) is 9.97 Å². The lowest BCUT2D eigenvalue weighted by atomic mass is 10.1. The van der Waals surface area contributed by atoms with Crippen molar-refractivity contribution in [2.75, 3.05) is 31.2 Å². The van der Waals surface area contributed by atoms with E-state index < -0.39 is 11.8 Å². The van der Waals surface area contributed by atoms with Gasteiger partial charge in [0.15, 0.2) is 11.6 Å². The molecule has 1 aliphatic heterocycles. The molecule has 12 heteroatoms. The van der Waals surface area contributed by atoms with Crippen molar-refractivity contribution in [3.8, 4) is 11.4 Å². The first kappa shape index (κ1) is 22.1. The number of thiophene rings is 1. The number of aromatic amines is 1. The number of H-pyrrole nitrogens is 1. The number of anilines is 1. The third-order valence-electron chi connectivity index (χ3n) is 5.83. The molecule has 0 atom stereocenters.